The number of halogens is 4. The lowest BCUT2D eigenvalue weighted by atomic mass is 9.96. The first kappa shape index (κ1) is 25.3. The highest BCUT2D eigenvalue weighted by molar-refractivity contribution is 5.85. The molecule has 3 rings (SSSR count). The molecule has 2 amide bonds. The van der Waals surface area contributed by atoms with E-state index in [9.17, 15) is 32.3 Å². The number of hydrogen-bond donors (Lipinski definition) is 2. The van der Waals surface area contributed by atoms with Crippen LogP contribution < -0.4 is 5.32 Å². The zero-order valence-corrected chi connectivity index (χ0v) is 19.0. The van der Waals surface area contributed by atoms with Crippen molar-refractivity contribution in [1.82, 2.24) is 15.1 Å². The zero-order valence-electron chi connectivity index (χ0n) is 19.0. The molecule has 2 fully saturated rings. The van der Waals surface area contributed by atoms with Crippen molar-refractivity contribution in [3.05, 3.63) is 35.1 Å². The van der Waals surface area contributed by atoms with Crippen molar-refractivity contribution in [2.24, 2.45) is 17.8 Å². The average molecular weight is 474 g/mol. The van der Waals surface area contributed by atoms with Crippen LogP contribution in [0.5, 0.6) is 0 Å². The van der Waals surface area contributed by atoms with Gasteiger partial charge in [0, 0.05) is 32.7 Å². The first-order chi connectivity index (χ1) is 15.4. The minimum Gasteiger partial charge on any atom is -0.465 e. The number of likely N-dealkylation sites (tertiary alicyclic amines) is 1. The van der Waals surface area contributed by atoms with Crippen LogP contribution >= 0.6 is 0 Å². The molecule has 0 aromatic heterocycles. The Bertz CT molecular complexity index is 877. The fourth-order valence-corrected chi connectivity index (χ4v) is 5.11. The molecule has 4 atom stereocenters. The van der Waals surface area contributed by atoms with Gasteiger partial charge in [-0.05, 0) is 54.7 Å². The van der Waals surface area contributed by atoms with Gasteiger partial charge in [-0.3, -0.25) is 14.6 Å². The van der Waals surface area contributed by atoms with Crippen LogP contribution in [0.4, 0.5) is 22.4 Å². The van der Waals surface area contributed by atoms with E-state index >= 15 is 0 Å². The van der Waals surface area contributed by atoms with Gasteiger partial charge in [0.1, 0.15) is 11.9 Å². The lowest BCUT2D eigenvalue weighted by molar-refractivity contribution is -0.140. The van der Waals surface area contributed by atoms with Crippen molar-refractivity contribution in [3.63, 3.8) is 0 Å². The number of likely N-dealkylation sites (N-methyl/N-ethyl adjacent to an activating group) is 1. The molecule has 1 saturated carbocycles. The number of rotatable bonds is 7. The van der Waals surface area contributed by atoms with E-state index in [0.717, 1.165) is 36.4 Å². The molecule has 184 valence electrons. The van der Waals surface area contributed by atoms with Gasteiger partial charge in [-0.1, -0.05) is 19.9 Å². The number of benzene rings is 1. The molecule has 1 aromatic carbocycles. The number of amides is 2. The monoisotopic (exact) mass is 473 g/mol. The summed E-state index contributed by atoms with van der Waals surface area (Å²) in [5.41, 5.74) is -0.796. The van der Waals surface area contributed by atoms with Gasteiger partial charge in [-0.2, -0.15) is 13.2 Å². The quantitative estimate of drug-likeness (QED) is 0.583. The van der Waals surface area contributed by atoms with Crippen molar-refractivity contribution >= 4 is 12.0 Å². The summed E-state index contributed by atoms with van der Waals surface area (Å²) in [4.78, 5) is 27.5. The lowest BCUT2D eigenvalue weighted by Crippen LogP contribution is -2.51. The van der Waals surface area contributed by atoms with E-state index in [0.29, 0.717) is 31.0 Å². The molecular weight excluding hydrogens is 442 g/mol. The number of carbonyl (C=O) groups excluding carboxylic acids is 1. The molecule has 2 aliphatic rings. The van der Waals surface area contributed by atoms with Crippen molar-refractivity contribution in [2.45, 2.75) is 57.9 Å². The molecule has 1 saturated heterocycles. The third kappa shape index (κ3) is 5.96. The van der Waals surface area contributed by atoms with Crippen LogP contribution in [0.2, 0.25) is 0 Å². The summed E-state index contributed by atoms with van der Waals surface area (Å²) in [6, 6.07) is 2.16. The Hall–Kier alpha value is -2.36. The Morgan fingerprint density at radius 2 is 1.94 bits per heavy atom. The van der Waals surface area contributed by atoms with Crippen LogP contribution in [-0.4, -0.2) is 59.1 Å². The van der Waals surface area contributed by atoms with Crippen molar-refractivity contribution in [3.8, 4) is 0 Å². The molecule has 1 aliphatic heterocycles. The average Bonchev–Trinajstić information content (AvgIpc) is 3.25. The second kappa shape index (κ2) is 9.87. The molecule has 0 radical (unpaired) electrons. The second-order valence-corrected chi connectivity index (χ2v) is 9.66. The van der Waals surface area contributed by atoms with Gasteiger partial charge in [-0.15, -0.1) is 0 Å². The minimum atomic E-state index is -4.72. The van der Waals surface area contributed by atoms with E-state index in [1.165, 1.54) is 13.1 Å². The largest absolute Gasteiger partial charge is 0.465 e. The minimum absolute atomic E-state index is 0.0892. The number of carboxylic acid groups (broad SMARTS) is 1. The molecule has 1 aliphatic carbocycles. The number of alkyl halides is 3. The van der Waals surface area contributed by atoms with E-state index in [1.54, 1.807) is 0 Å². The molecule has 0 bridgehead atoms. The maximum absolute atomic E-state index is 13.9. The van der Waals surface area contributed by atoms with Gasteiger partial charge >= 0.3 is 12.3 Å². The normalized spacial score (nSPS) is 24.1. The van der Waals surface area contributed by atoms with E-state index < -0.39 is 29.7 Å². The Morgan fingerprint density at radius 3 is 2.52 bits per heavy atom. The van der Waals surface area contributed by atoms with Crippen LogP contribution in [0.15, 0.2) is 18.2 Å². The van der Waals surface area contributed by atoms with E-state index in [4.69, 9.17) is 0 Å². The molecular formula is C23H31F4N3O3. The van der Waals surface area contributed by atoms with Crippen LogP contribution in [-0.2, 0) is 17.5 Å². The fourth-order valence-electron chi connectivity index (χ4n) is 5.11. The van der Waals surface area contributed by atoms with E-state index in [1.807, 2.05) is 13.8 Å². The summed E-state index contributed by atoms with van der Waals surface area (Å²) in [5.74, 6) is -0.936. The maximum atomic E-state index is 13.9. The maximum Gasteiger partial charge on any atom is 0.419 e. The summed E-state index contributed by atoms with van der Waals surface area (Å²) < 4.78 is 52.3. The van der Waals surface area contributed by atoms with Crippen LogP contribution in [0, 0.1) is 23.6 Å². The van der Waals surface area contributed by atoms with Crippen molar-refractivity contribution < 1.29 is 32.3 Å². The Labute approximate surface area is 190 Å². The highest BCUT2D eigenvalue weighted by Crippen LogP contribution is 2.39. The molecule has 1 heterocycles. The lowest BCUT2D eigenvalue weighted by Gasteiger charge is -2.29. The smallest absolute Gasteiger partial charge is 0.419 e. The topological polar surface area (TPSA) is 72.9 Å². The Balaban J connectivity index is 1.62. The summed E-state index contributed by atoms with van der Waals surface area (Å²) in [5, 5.41) is 12.4. The molecule has 2 N–H and O–H groups in total. The fraction of sp³-hybridized carbons (Fsp3) is 0.652. The predicted octanol–water partition coefficient (Wildman–Crippen LogP) is 4.20. The van der Waals surface area contributed by atoms with Gasteiger partial charge in [0.25, 0.3) is 0 Å². The van der Waals surface area contributed by atoms with Gasteiger partial charge in [0.15, 0.2) is 0 Å². The number of hydrogen-bond acceptors (Lipinski definition) is 3. The third-order valence-electron chi connectivity index (χ3n) is 6.77. The SMILES string of the molecule is CC(C)C[C@@H](C(=O)N[C@@H]1CC[C@H]2CN(Cc3ccc(C(F)(F)F)c(F)c3)C[C@H]21)N(C)C(=O)O. The molecule has 1 aromatic rings. The summed E-state index contributed by atoms with van der Waals surface area (Å²) in [6.07, 6.45) is -3.76. The van der Waals surface area contributed by atoms with Gasteiger partial charge in [0.05, 0.1) is 5.56 Å². The number of nitrogens with one attached hydrogen (secondary N) is 1. The summed E-state index contributed by atoms with van der Waals surface area (Å²) in [6.45, 7) is 5.56. The number of fused-ring (bicyclic) bond motifs is 1. The summed E-state index contributed by atoms with van der Waals surface area (Å²) >= 11 is 0. The Morgan fingerprint density at radius 1 is 1.24 bits per heavy atom. The molecule has 0 spiro atoms. The molecule has 10 heteroatoms. The highest BCUT2D eigenvalue weighted by Gasteiger charge is 2.44. The summed E-state index contributed by atoms with van der Waals surface area (Å²) in [7, 11) is 1.40. The molecule has 6 nitrogen and oxygen atoms in total. The first-order valence-electron chi connectivity index (χ1n) is 11.2. The van der Waals surface area contributed by atoms with Crippen LogP contribution in [0.1, 0.15) is 44.2 Å². The standard InChI is InChI=1S/C23H31F4N3O3/c1-13(2)8-20(29(3)22(32)33)21(31)28-19-7-5-15-11-30(12-16(15)19)10-14-4-6-17(18(24)9-14)23(25,26)27/h4,6,9,13,15-16,19-20H,5,7-8,10-12H2,1-3H3,(H,28,31)(H,32,33)/t15-,16+,19+,20-/m0/s1. The van der Waals surface area contributed by atoms with E-state index in [-0.39, 0.29) is 23.8 Å². The predicted molar refractivity (Wildman–Crippen MR) is 114 cm³/mol. The molecule has 0 unspecified atom stereocenters. The van der Waals surface area contributed by atoms with Crippen molar-refractivity contribution in [1.29, 1.82) is 0 Å². The number of carbonyl (C=O) groups is 2. The second-order valence-electron chi connectivity index (χ2n) is 9.66. The molecule has 33 heavy (non-hydrogen) atoms. The van der Waals surface area contributed by atoms with Gasteiger partial charge in [-0.25, -0.2) is 9.18 Å². The zero-order chi connectivity index (χ0) is 24.5. The van der Waals surface area contributed by atoms with Gasteiger partial charge in [0.2, 0.25) is 5.91 Å². The first-order valence-corrected chi connectivity index (χ1v) is 11.2. The number of nitrogens with zero attached hydrogens (tertiary/aromatic N) is 2. The third-order valence-corrected chi connectivity index (χ3v) is 6.77. The van der Waals surface area contributed by atoms with E-state index in [2.05, 4.69) is 10.2 Å². The van der Waals surface area contributed by atoms with Gasteiger partial charge < -0.3 is 10.4 Å². The highest BCUT2D eigenvalue weighted by atomic mass is 19.4. The Kier molecular flexibility index (Phi) is 7.55. The van der Waals surface area contributed by atoms with Crippen LogP contribution in [0.25, 0.3) is 0 Å². The van der Waals surface area contributed by atoms with Crippen LogP contribution in [0.3, 0.4) is 0 Å². The van der Waals surface area contributed by atoms with Crippen molar-refractivity contribution in [2.75, 3.05) is 20.1 Å².